The van der Waals surface area contributed by atoms with Crippen LogP contribution in [-0.2, 0) is 4.57 Å². The summed E-state index contributed by atoms with van der Waals surface area (Å²) in [6.07, 6.45) is 4.41. The van der Waals surface area contributed by atoms with E-state index in [-0.39, 0.29) is 0 Å². The van der Waals surface area contributed by atoms with Gasteiger partial charge < -0.3 is 22.9 Å². The van der Waals surface area contributed by atoms with Crippen molar-refractivity contribution in [2.75, 3.05) is 0 Å². The Labute approximate surface area is 236 Å². The number of benzene rings is 6. The Bertz CT molecular complexity index is 2070. The molecule has 4 aliphatic rings. The van der Waals surface area contributed by atoms with E-state index in [1.54, 1.807) is 0 Å². The molecule has 2 atom stereocenters. The highest BCUT2D eigenvalue weighted by atomic mass is 16.7. The van der Waals surface area contributed by atoms with Crippen molar-refractivity contribution in [2.24, 2.45) is 0 Å². The fourth-order valence-corrected chi connectivity index (χ4v) is 7.55. The second-order valence-electron chi connectivity index (χ2n) is 11.3. The van der Waals surface area contributed by atoms with Crippen molar-refractivity contribution in [3.05, 3.63) is 132 Å². The summed E-state index contributed by atoms with van der Waals surface area (Å²) >= 11 is 0. The first-order valence-electron chi connectivity index (χ1n) is 14.1. The highest BCUT2D eigenvalue weighted by Gasteiger charge is 2.66. The van der Waals surface area contributed by atoms with Crippen LogP contribution in [0.4, 0.5) is 11.4 Å². The van der Waals surface area contributed by atoms with E-state index < -0.39 is 13.4 Å². The zero-order valence-electron chi connectivity index (χ0n) is 22.0. The summed E-state index contributed by atoms with van der Waals surface area (Å²) in [5.74, 6) is 1.60. The zero-order chi connectivity index (χ0) is 26.8. The van der Waals surface area contributed by atoms with Crippen LogP contribution in [0.2, 0.25) is 0 Å². The van der Waals surface area contributed by atoms with Gasteiger partial charge in [-0.2, -0.15) is 0 Å². The van der Waals surface area contributed by atoms with E-state index in [2.05, 4.69) is 143 Å². The summed E-state index contributed by atoms with van der Waals surface area (Å²) in [6, 6.07) is 42.1. The topological polar surface area (TPSA) is 33.7 Å². The Morgan fingerprint density at radius 3 is 1.39 bits per heavy atom. The normalized spacial score (nSPS) is 22.4. The highest BCUT2D eigenvalue weighted by molar-refractivity contribution is 6.91. The molecule has 4 heterocycles. The SMILES string of the molecule is C1=[N+]2c3c(ccc4ccccc34)O[B-]23O[B-]2(Oc4ccc5ccccc5c4[N+]2=Cc2ccccc23)c2ccccc21. The third-order valence-corrected chi connectivity index (χ3v) is 9.25. The molecule has 192 valence electrons. The first-order valence-corrected chi connectivity index (χ1v) is 14.1. The molecule has 6 aromatic rings. The molecular weight excluding hydrogens is 506 g/mol. The van der Waals surface area contributed by atoms with Gasteiger partial charge >= 0.3 is 13.4 Å². The Hall–Kier alpha value is -5.13. The van der Waals surface area contributed by atoms with Gasteiger partial charge in [-0.25, -0.2) is 0 Å². The molecule has 2 unspecified atom stereocenters. The minimum Gasteiger partial charge on any atom is -0.628 e. The molecule has 10 rings (SSSR count). The Kier molecular flexibility index (Phi) is 3.87. The smallest absolute Gasteiger partial charge is 0.597 e. The standard InChI is InChI=1S/C34H22B2N2O3/c1-5-13-27-23(9-1)17-19-31-33(27)37-21-25-11-3-8-16-30(25)36-38(22-26-12-4-7-15-29(26)35(37,39-31)41-36)34-28-14-6-2-10-24(28)18-20-32(34)40-36/h1-22H. The van der Waals surface area contributed by atoms with Crippen LogP contribution in [-0.4, -0.2) is 34.8 Å². The van der Waals surface area contributed by atoms with Crippen molar-refractivity contribution < 1.29 is 22.9 Å². The molecule has 0 aliphatic carbocycles. The van der Waals surface area contributed by atoms with Gasteiger partial charge in [-0.1, -0.05) is 97.1 Å². The van der Waals surface area contributed by atoms with Crippen LogP contribution < -0.4 is 20.2 Å². The minimum absolute atomic E-state index is 0.800. The molecule has 5 nitrogen and oxygen atoms in total. The number of rotatable bonds is 0. The second-order valence-corrected chi connectivity index (χ2v) is 11.3. The van der Waals surface area contributed by atoms with Gasteiger partial charge in [0.25, 0.3) is 0 Å². The van der Waals surface area contributed by atoms with Crippen LogP contribution in [0.15, 0.2) is 121 Å². The van der Waals surface area contributed by atoms with Crippen molar-refractivity contribution in [1.29, 1.82) is 0 Å². The molecule has 4 aliphatic heterocycles. The maximum atomic E-state index is 7.58. The van der Waals surface area contributed by atoms with E-state index in [4.69, 9.17) is 13.9 Å². The van der Waals surface area contributed by atoms with Crippen molar-refractivity contribution in [3.8, 4) is 11.5 Å². The van der Waals surface area contributed by atoms with E-state index in [1.165, 1.54) is 0 Å². The number of nitrogens with zero attached hydrogens (tertiary/aromatic N) is 2. The maximum absolute atomic E-state index is 7.58. The van der Waals surface area contributed by atoms with Crippen LogP contribution >= 0.6 is 0 Å². The third-order valence-electron chi connectivity index (χ3n) is 9.25. The fraction of sp³-hybridized carbons (Fsp3) is 0. The van der Waals surface area contributed by atoms with E-state index in [9.17, 15) is 0 Å². The zero-order valence-corrected chi connectivity index (χ0v) is 22.0. The molecule has 7 heteroatoms. The van der Waals surface area contributed by atoms with Crippen LogP contribution in [0.5, 0.6) is 11.5 Å². The minimum atomic E-state index is -2.26. The van der Waals surface area contributed by atoms with Gasteiger partial charge in [-0.15, -0.1) is 0 Å². The van der Waals surface area contributed by atoms with Gasteiger partial charge in [0.05, 0.1) is 10.8 Å². The van der Waals surface area contributed by atoms with Crippen molar-refractivity contribution in [1.82, 2.24) is 0 Å². The summed E-state index contributed by atoms with van der Waals surface area (Å²) in [5, 5.41) is 4.54. The third kappa shape index (κ3) is 2.58. The molecule has 0 saturated carbocycles. The molecule has 0 N–H and O–H groups in total. The molecular formula is C34H22B2N2O3. The quantitative estimate of drug-likeness (QED) is 0.250. The molecule has 0 saturated heterocycles. The lowest BCUT2D eigenvalue weighted by molar-refractivity contribution is -0.334. The Balaban J connectivity index is 1.36. The van der Waals surface area contributed by atoms with Crippen molar-refractivity contribution in [2.45, 2.75) is 0 Å². The van der Waals surface area contributed by atoms with Gasteiger partial charge in [-0.05, 0) is 46.0 Å². The van der Waals surface area contributed by atoms with Gasteiger partial charge in [0.2, 0.25) is 11.4 Å². The van der Waals surface area contributed by atoms with Crippen LogP contribution in [0, 0.1) is 0 Å². The van der Waals surface area contributed by atoms with Gasteiger partial charge in [0, 0.05) is 11.1 Å². The molecule has 0 amide bonds. The molecule has 2 spiro atoms. The summed E-state index contributed by atoms with van der Waals surface area (Å²) in [4.78, 5) is 0. The highest BCUT2D eigenvalue weighted by Crippen LogP contribution is 2.50. The van der Waals surface area contributed by atoms with E-state index in [0.717, 1.165) is 66.5 Å². The predicted octanol–water partition coefficient (Wildman–Crippen LogP) is 5.34. The summed E-state index contributed by atoms with van der Waals surface area (Å²) in [7, 11) is 0. The summed E-state index contributed by atoms with van der Waals surface area (Å²) < 4.78 is 26.3. The lowest BCUT2D eigenvalue weighted by atomic mass is 9.55. The molecule has 2 bridgehead atoms. The lowest BCUT2D eigenvalue weighted by Crippen LogP contribution is -2.72. The number of hydrogen-bond donors (Lipinski definition) is 0. The molecule has 0 aromatic heterocycles. The van der Waals surface area contributed by atoms with Crippen molar-refractivity contribution >= 4 is 69.6 Å². The Morgan fingerprint density at radius 2 is 0.878 bits per heavy atom. The summed E-state index contributed by atoms with van der Waals surface area (Å²) in [6.45, 7) is -4.52. The monoisotopic (exact) mass is 528 g/mol. The molecule has 41 heavy (non-hydrogen) atoms. The second kappa shape index (κ2) is 7.33. The van der Waals surface area contributed by atoms with Gasteiger partial charge in [0.1, 0.15) is 23.9 Å². The first-order chi connectivity index (χ1) is 20.3. The number of fused-ring (bicyclic) bond motifs is 10. The van der Waals surface area contributed by atoms with Crippen LogP contribution in [0.25, 0.3) is 21.5 Å². The van der Waals surface area contributed by atoms with Crippen molar-refractivity contribution in [3.63, 3.8) is 0 Å². The number of hydrogen-bond acceptors (Lipinski definition) is 3. The largest absolute Gasteiger partial charge is 0.628 e. The average molecular weight is 528 g/mol. The lowest BCUT2D eigenvalue weighted by Gasteiger charge is -2.40. The van der Waals surface area contributed by atoms with Gasteiger partial charge in [0.15, 0.2) is 0 Å². The van der Waals surface area contributed by atoms with E-state index in [0.29, 0.717) is 0 Å². The molecule has 6 aromatic carbocycles. The van der Waals surface area contributed by atoms with E-state index >= 15 is 0 Å². The van der Waals surface area contributed by atoms with Crippen LogP contribution in [0.3, 0.4) is 0 Å². The maximum Gasteiger partial charge on any atom is 0.597 e. The summed E-state index contributed by atoms with van der Waals surface area (Å²) in [5.41, 5.74) is 6.06. The average Bonchev–Trinajstić information content (AvgIpc) is 3.42. The first kappa shape index (κ1) is 21.7. The fourth-order valence-electron chi connectivity index (χ4n) is 7.55. The van der Waals surface area contributed by atoms with Crippen LogP contribution in [0.1, 0.15) is 11.1 Å². The van der Waals surface area contributed by atoms with E-state index in [1.807, 2.05) is 0 Å². The molecule has 0 fully saturated rings. The Morgan fingerprint density at radius 1 is 0.439 bits per heavy atom. The molecule has 0 radical (unpaired) electrons. The predicted molar refractivity (Wildman–Crippen MR) is 164 cm³/mol. The van der Waals surface area contributed by atoms with Gasteiger partial charge in [-0.3, -0.25) is 0 Å².